The van der Waals surface area contributed by atoms with Gasteiger partial charge in [-0.05, 0) is 37.5 Å². The molecule has 1 aromatic carbocycles. The Morgan fingerprint density at radius 1 is 1.33 bits per heavy atom. The van der Waals surface area contributed by atoms with Gasteiger partial charge in [-0.3, -0.25) is 0 Å². The van der Waals surface area contributed by atoms with Crippen molar-refractivity contribution in [1.29, 1.82) is 0 Å². The first kappa shape index (κ1) is 18.7. The number of amides is 1. The van der Waals surface area contributed by atoms with Crippen LogP contribution in [0.4, 0.5) is 4.79 Å². The lowest BCUT2D eigenvalue weighted by Crippen LogP contribution is -2.48. The van der Waals surface area contributed by atoms with Crippen molar-refractivity contribution in [2.24, 2.45) is 10.7 Å². The molecule has 1 aliphatic rings. The van der Waals surface area contributed by atoms with Gasteiger partial charge in [-0.15, -0.1) is 0 Å². The molecule has 9 heteroatoms. The van der Waals surface area contributed by atoms with Crippen LogP contribution in [0.2, 0.25) is 0 Å². The SMILES string of the molecule is CCOC(=O)N1CCC(NC(N)=NCc2ccc(-n3cncn3)cc2)CC1. The first-order valence-electron chi connectivity index (χ1n) is 9.08. The summed E-state index contributed by atoms with van der Waals surface area (Å²) in [4.78, 5) is 21.8. The lowest BCUT2D eigenvalue weighted by Gasteiger charge is -2.31. The van der Waals surface area contributed by atoms with Crippen molar-refractivity contribution in [3.8, 4) is 5.69 Å². The summed E-state index contributed by atoms with van der Waals surface area (Å²) in [5.74, 6) is 0.421. The fourth-order valence-corrected chi connectivity index (χ4v) is 2.95. The number of aliphatic imine (C=N–C) groups is 1. The summed E-state index contributed by atoms with van der Waals surface area (Å²) in [7, 11) is 0. The smallest absolute Gasteiger partial charge is 0.409 e. The van der Waals surface area contributed by atoms with E-state index in [1.54, 1.807) is 15.9 Å². The Labute approximate surface area is 158 Å². The summed E-state index contributed by atoms with van der Waals surface area (Å²) >= 11 is 0. The molecule has 1 amide bonds. The van der Waals surface area contributed by atoms with Crippen LogP contribution in [-0.2, 0) is 11.3 Å². The van der Waals surface area contributed by atoms with Gasteiger partial charge in [0, 0.05) is 19.1 Å². The molecule has 0 saturated carbocycles. The molecular formula is C18H25N7O2. The number of guanidine groups is 1. The molecule has 0 aliphatic carbocycles. The molecule has 3 rings (SSSR count). The topological polar surface area (TPSA) is 111 Å². The second-order valence-electron chi connectivity index (χ2n) is 6.31. The number of nitrogens with one attached hydrogen (secondary N) is 1. The number of carbonyl (C=O) groups is 1. The van der Waals surface area contributed by atoms with Crippen LogP contribution in [0.5, 0.6) is 0 Å². The van der Waals surface area contributed by atoms with Crippen molar-refractivity contribution in [3.05, 3.63) is 42.5 Å². The minimum atomic E-state index is -0.244. The molecule has 0 unspecified atom stereocenters. The monoisotopic (exact) mass is 371 g/mol. The molecule has 2 aromatic rings. The van der Waals surface area contributed by atoms with Crippen LogP contribution in [-0.4, -0.2) is 57.5 Å². The van der Waals surface area contributed by atoms with Crippen molar-refractivity contribution >= 4 is 12.1 Å². The highest BCUT2D eigenvalue weighted by Gasteiger charge is 2.23. The molecule has 2 heterocycles. The molecular weight excluding hydrogens is 346 g/mol. The second kappa shape index (κ2) is 9.02. The summed E-state index contributed by atoms with van der Waals surface area (Å²) in [6, 6.07) is 8.13. The minimum Gasteiger partial charge on any atom is -0.450 e. The largest absolute Gasteiger partial charge is 0.450 e. The fourth-order valence-electron chi connectivity index (χ4n) is 2.95. The highest BCUT2D eigenvalue weighted by atomic mass is 16.6. The number of ether oxygens (including phenoxy) is 1. The van der Waals surface area contributed by atoms with Gasteiger partial charge in [0.2, 0.25) is 0 Å². The molecule has 3 N–H and O–H groups in total. The Morgan fingerprint density at radius 2 is 2.07 bits per heavy atom. The van der Waals surface area contributed by atoms with E-state index in [2.05, 4.69) is 20.4 Å². The average molecular weight is 371 g/mol. The first-order valence-corrected chi connectivity index (χ1v) is 9.08. The molecule has 1 saturated heterocycles. The van der Waals surface area contributed by atoms with Crippen LogP contribution in [0.25, 0.3) is 5.69 Å². The van der Waals surface area contributed by atoms with Crippen LogP contribution in [0, 0.1) is 0 Å². The maximum Gasteiger partial charge on any atom is 0.409 e. The third-order valence-corrected chi connectivity index (χ3v) is 4.42. The number of carbonyl (C=O) groups excluding carboxylic acids is 1. The summed E-state index contributed by atoms with van der Waals surface area (Å²) in [6.45, 7) is 4.03. The zero-order chi connectivity index (χ0) is 19.1. The predicted molar refractivity (Wildman–Crippen MR) is 101 cm³/mol. The van der Waals surface area contributed by atoms with Crippen LogP contribution >= 0.6 is 0 Å². The third-order valence-electron chi connectivity index (χ3n) is 4.42. The number of hydrogen-bond acceptors (Lipinski definition) is 5. The molecule has 0 atom stereocenters. The summed E-state index contributed by atoms with van der Waals surface area (Å²) < 4.78 is 6.73. The van der Waals surface area contributed by atoms with Gasteiger partial charge in [0.05, 0.1) is 18.8 Å². The maximum absolute atomic E-state index is 11.7. The van der Waals surface area contributed by atoms with Crippen molar-refractivity contribution in [2.45, 2.75) is 32.4 Å². The van der Waals surface area contributed by atoms with Crippen molar-refractivity contribution in [2.75, 3.05) is 19.7 Å². The molecule has 0 bridgehead atoms. The number of likely N-dealkylation sites (tertiary alicyclic amines) is 1. The second-order valence-corrected chi connectivity index (χ2v) is 6.31. The molecule has 144 valence electrons. The van der Waals surface area contributed by atoms with Crippen molar-refractivity contribution < 1.29 is 9.53 Å². The Kier molecular flexibility index (Phi) is 6.24. The van der Waals surface area contributed by atoms with E-state index in [1.807, 2.05) is 31.2 Å². The third kappa shape index (κ3) is 5.19. The molecule has 0 radical (unpaired) electrons. The van der Waals surface area contributed by atoms with E-state index >= 15 is 0 Å². The Hall–Kier alpha value is -3.10. The van der Waals surface area contributed by atoms with E-state index in [1.165, 1.54) is 6.33 Å². The van der Waals surface area contributed by atoms with Gasteiger partial charge in [0.1, 0.15) is 12.7 Å². The number of nitrogens with zero attached hydrogens (tertiary/aromatic N) is 5. The molecule has 1 aromatic heterocycles. The highest BCUT2D eigenvalue weighted by Crippen LogP contribution is 2.12. The maximum atomic E-state index is 11.7. The van der Waals surface area contributed by atoms with Crippen molar-refractivity contribution in [1.82, 2.24) is 25.0 Å². The normalized spacial score (nSPS) is 15.6. The van der Waals surface area contributed by atoms with E-state index < -0.39 is 0 Å². The van der Waals surface area contributed by atoms with Crippen LogP contribution in [0.3, 0.4) is 0 Å². The standard InChI is InChI=1S/C18H25N7O2/c1-2-27-18(26)24-9-7-15(8-10-24)23-17(19)21-11-14-3-5-16(6-4-14)25-13-20-12-22-25/h3-6,12-13,15H,2,7-11H2,1H3,(H3,19,21,23). The van der Waals surface area contributed by atoms with Gasteiger partial charge >= 0.3 is 6.09 Å². The van der Waals surface area contributed by atoms with Crippen LogP contribution in [0.1, 0.15) is 25.3 Å². The number of nitrogens with two attached hydrogens (primary N) is 1. The fraction of sp³-hybridized carbons (Fsp3) is 0.444. The van der Waals surface area contributed by atoms with Gasteiger partial charge in [-0.25, -0.2) is 19.5 Å². The van der Waals surface area contributed by atoms with Gasteiger partial charge in [0.15, 0.2) is 5.96 Å². The summed E-state index contributed by atoms with van der Waals surface area (Å²) in [5, 5.41) is 7.34. The number of benzene rings is 1. The Bertz CT molecular complexity index is 751. The Morgan fingerprint density at radius 3 is 2.70 bits per heavy atom. The summed E-state index contributed by atoms with van der Waals surface area (Å²) in [5.41, 5.74) is 8.01. The van der Waals surface area contributed by atoms with Crippen LogP contribution < -0.4 is 11.1 Å². The number of aromatic nitrogens is 3. The lowest BCUT2D eigenvalue weighted by atomic mass is 10.1. The molecule has 0 spiro atoms. The molecule has 9 nitrogen and oxygen atoms in total. The van der Waals surface area contributed by atoms with E-state index in [-0.39, 0.29) is 12.1 Å². The van der Waals surface area contributed by atoms with Crippen molar-refractivity contribution in [3.63, 3.8) is 0 Å². The highest BCUT2D eigenvalue weighted by molar-refractivity contribution is 5.78. The first-order chi connectivity index (χ1) is 13.2. The van der Waals surface area contributed by atoms with E-state index in [0.717, 1.165) is 24.1 Å². The molecule has 27 heavy (non-hydrogen) atoms. The number of piperidine rings is 1. The molecule has 1 aliphatic heterocycles. The van der Waals surface area contributed by atoms with E-state index in [9.17, 15) is 4.79 Å². The van der Waals surface area contributed by atoms with Crippen LogP contribution in [0.15, 0.2) is 41.9 Å². The van der Waals surface area contributed by atoms with Gasteiger partial charge in [-0.1, -0.05) is 12.1 Å². The van der Waals surface area contributed by atoms with E-state index in [4.69, 9.17) is 10.5 Å². The Balaban J connectivity index is 1.45. The zero-order valence-corrected chi connectivity index (χ0v) is 15.4. The zero-order valence-electron chi connectivity index (χ0n) is 15.4. The quantitative estimate of drug-likeness (QED) is 0.605. The summed E-state index contributed by atoms with van der Waals surface area (Å²) in [6.07, 6.45) is 4.56. The number of rotatable bonds is 5. The van der Waals surface area contributed by atoms with Gasteiger partial charge in [0.25, 0.3) is 0 Å². The lowest BCUT2D eigenvalue weighted by molar-refractivity contribution is 0.0963. The molecule has 1 fully saturated rings. The number of hydrogen-bond donors (Lipinski definition) is 2. The van der Waals surface area contributed by atoms with E-state index in [0.29, 0.717) is 32.2 Å². The van der Waals surface area contributed by atoms with Gasteiger partial charge < -0.3 is 20.7 Å². The minimum absolute atomic E-state index is 0.217. The average Bonchev–Trinajstić information content (AvgIpc) is 3.22. The van der Waals surface area contributed by atoms with Gasteiger partial charge in [-0.2, -0.15) is 5.10 Å². The predicted octanol–water partition coefficient (Wildman–Crippen LogP) is 1.29.